The Morgan fingerprint density at radius 2 is 1.63 bits per heavy atom. The van der Waals surface area contributed by atoms with Crippen molar-refractivity contribution in [3.05, 3.63) is 90.4 Å². The van der Waals surface area contributed by atoms with E-state index in [4.69, 9.17) is 9.40 Å². The van der Waals surface area contributed by atoms with Crippen LogP contribution in [-0.2, 0) is 0 Å². The summed E-state index contributed by atoms with van der Waals surface area (Å²) < 4.78 is 23.0. The molecule has 0 N–H and O–H groups in total. The molecule has 6 aromatic rings. The molecule has 0 saturated heterocycles. The molecule has 0 amide bonds. The molecule has 144 valence electrons. The molecule has 3 aromatic heterocycles. The zero-order valence-corrected chi connectivity index (χ0v) is 16.1. The van der Waals surface area contributed by atoms with Gasteiger partial charge in [0.05, 0.1) is 16.5 Å². The maximum absolute atomic E-state index is 14.8. The van der Waals surface area contributed by atoms with Crippen molar-refractivity contribution in [3.63, 3.8) is 0 Å². The molecule has 0 bridgehead atoms. The second kappa shape index (κ2) is 6.26. The van der Waals surface area contributed by atoms with Gasteiger partial charge in [0.15, 0.2) is 11.5 Å². The van der Waals surface area contributed by atoms with Crippen LogP contribution in [0.5, 0.6) is 0 Å². The first-order valence-corrected chi connectivity index (χ1v) is 9.72. The number of fused-ring (bicyclic) bond motifs is 4. The molecule has 3 aromatic carbocycles. The number of hydrogen-bond donors (Lipinski definition) is 0. The van der Waals surface area contributed by atoms with E-state index in [9.17, 15) is 4.39 Å². The van der Waals surface area contributed by atoms with Crippen molar-refractivity contribution in [2.45, 2.75) is 6.92 Å². The number of para-hydroxylation sites is 2. The summed E-state index contributed by atoms with van der Waals surface area (Å²) in [7, 11) is 0. The lowest BCUT2D eigenvalue weighted by Gasteiger charge is -2.10. The first-order valence-electron chi connectivity index (χ1n) is 9.72. The molecule has 0 spiro atoms. The van der Waals surface area contributed by atoms with Crippen LogP contribution in [0.1, 0.15) is 5.69 Å². The molecular formula is C25H16FN3O. The second-order valence-electron chi connectivity index (χ2n) is 7.30. The average molecular weight is 393 g/mol. The molecule has 0 atom stereocenters. The van der Waals surface area contributed by atoms with E-state index in [-0.39, 0.29) is 5.82 Å². The largest absolute Gasteiger partial charge is 0.455 e. The average Bonchev–Trinajstić information content (AvgIpc) is 3.33. The van der Waals surface area contributed by atoms with Crippen LogP contribution in [-0.4, -0.2) is 14.5 Å². The van der Waals surface area contributed by atoms with E-state index in [2.05, 4.69) is 4.98 Å². The van der Waals surface area contributed by atoms with Crippen LogP contribution in [0.2, 0.25) is 0 Å². The number of furan rings is 1. The summed E-state index contributed by atoms with van der Waals surface area (Å²) in [4.78, 5) is 9.45. The van der Waals surface area contributed by atoms with E-state index >= 15 is 0 Å². The summed E-state index contributed by atoms with van der Waals surface area (Å²) in [6, 6.07) is 24.7. The van der Waals surface area contributed by atoms with E-state index in [1.54, 1.807) is 6.07 Å². The molecular weight excluding hydrogens is 377 g/mol. The van der Waals surface area contributed by atoms with Gasteiger partial charge in [0.2, 0.25) is 0 Å². The van der Waals surface area contributed by atoms with Crippen molar-refractivity contribution < 1.29 is 8.81 Å². The Morgan fingerprint density at radius 3 is 2.50 bits per heavy atom. The third kappa shape index (κ3) is 2.38. The molecule has 0 aliphatic heterocycles. The molecule has 30 heavy (non-hydrogen) atoms. The first-order chi connectivity index (χ1) is 14.7. The number of aromatic nitrogens is 3. The van der Waals surface area contributed by atoms with Crippen molar-refractivity contribution in [1.82, 2.24) is 14.5 Å². The number of hydrogen-bond acceptors (Lipinski definition) is 3. The van der Waals surface area contributed by atoms with Gasteiger partial charge >= 0.3 is 0 Å². The topological polar surface area (TPSA) is 43.9 Å². The van der Waals surface area contributed by atoms with Crippen molar-refractivity contribution in [3.8, 4) is 17.1 Å². The minimum Gasteiger partial charge on any atom is -0.455 e. The summed E-state index contributed by atoms with van der Waals surface area (Å²) in [5.41, 5.74) is 5.23. The van der Waals surface area contributed by atoms with Crippen molar-refractivity contribution in [2.75, 3.05) is 0 Å². The van der Waals surface area contributed by atoms with Gasteiger partial charge in [-0.05, 0) is 49.4 Å². The van der Waals surface area contributed by atoms with Crippen LogP contribution in [0.15, 0.2) is 83.3 Å². The normalized spacial score (nSPS) is 11.7. The number of pyridine rings is 1. The van der Waals surface area contributed by atoms with Crippen molar-refractivity contribution in [2.24, 2.45) is 0 Å². The van der Waals surface area contributed by atoms with Crippen LogP contribution in [0, 0.1) is 12.7 Å². The van der Waals surface area contributed by atoms with Crippen LogP contribution >= 0.6 is 0 Å². The van der Waals surface area contributed by atoms with Gasteiger partial charge in [0.1, 0.15) is 17.0 Å². The van der Waals surface area contributed by atoms with Crippen LogP contribution in [0.3, 0.4) is 0 Å². The van der Waals surface area contributed by atoms with E-state index in [0.29, 0.717) is 28.0 Å². The zero-order valence-electron chi connectivity index (χ0n) is 16.1. The molecule has 0 radical (unpaired) electrons. The number of halogens is 1. The predicted octanol–water partition coefficient (Wildman–Crippen LogP) is 6.43. The van der Waals surface area contributed by atoms with Crippen molar-refractivity contribution in [1.29, 1.82) is 0 Å². The number of aryl methyl sites for hydroxylation is 1. The highest BCUT2D eigenvalue weighted by molar-refractivity contribution is 6.09. The third-order valence-corrected chi connectivity index (χ3v) is 5.39. The van der Waals surface area contributed by atoms with Crippen LogP contribution in [0.25, 0.3) is 50.2 Å². The van der Waals surface area contributed by atoms with Gasteiger partial charge in [-0.15, -0.1) is 0 Å². The van der Waals surface area contributed by atoms with Crippen LogP contribution in [0.4, 0.5) is 4.39 Å². The highest BCUT2D eigenvalue weighted by Gasteiger charge is 2.22. The predicted molar refractivity (Wildman–Crippen MR) is 116 cm³/mol. The van der Waals surface area contributed by atoms with Gasteiger partial charge in [0.25, 0.3) is 0 Å². The monoisotopic (exact) mass is 393 g/mol. The quantitative estimate of drug-likeness (QED) is 0.340. The van der Waals surface area contributed by atoms with E-state index in [0.717, 1.165) is 27.8 Å². The Morgan fingerprint density at radius 1 is 0.833 bits per heavy atom. The van der Waals surface area contributed by atoms with E-state index in [1.807, 2.05) is 78.2 Å². The fraction of sp³-hybridized carbons (Fsp3) is 0.0400. The molecule has 0 unspecified atom stereocenters. The van der Waals surface area contributed by atoms with Crippen LogP contribution < -0.4 is 0 Å². The fourth-order valence-corrected chi connectivity index (χ4v) is 4.04. The Bertz CT molecular complexity index is 1560. The molecule has 0 saturated carbocycles. The summed E-state index contributed by atoms with van der Waals surface area (Å²) in [5.74, 6) is 0.355. The van der Waals surface area contributed by atoms with E-state index < -0.39 is 0 Å². The highest BCUT2D eigenvalue weighted by Crippen LogP contribution is 2.38. The Kier molecular flexibility index (Phi) is 3.53. The highest BCUT2D eigenvalue weighted by atomic mass is 19.1. The number of rotatable bonds is 2. The Hall–Kier alpha value is -3.99. The molecule has 6 rings (SSSR count). The minimum atomic E-state index is -0.310. The lowest BCUT2D eigenvalue weighted by molar-refractivity contribution is 0.634. The first kappa shape index (κ1) is 16.9. The van der Waals surface area contributed by atoms with Gasteiger partial charge in [-0.25, -0.2) is 14.4 Å². The molecule has 4 nitrogen and oxygen atoms in total. The maximum Gasteiger partial charge on any atom is 0.178 e. The maximum atomic E-state index is 14.8. The van der Waals surface area contributed by atoms with Gasteiger partial charge in [0, 0.05) is 16.8 Å². The lowest BCUT2D eigenvalue weighted by atomic mass is 10.1. The Labute approximate surface area is 171 Å². The summed E-state index contributed by atoms with van der Waals surface area (Å²) in [6.45, 7) is 1.94. The SMILES string of the molecule is Cc1ccc2c(n1)nc(-c1ccc(F)c3c1oc1ccccc13)n2-c1ccccc1. The third-order valence-electron chi connectivity index (χ3n) is 5.39. The zero-order chi connectivity index (χ0) is 20.2. The molecule has 0 fully saturated rings. The smallest absolute Gasteiger partial charge is 0.178 e. The van der Waals surface area contributed by atoms with E-state index in [1.165, 1.54) is 6.07 Å². The summed E-state index contributed by atoms with van der Waals surface area (Å²) in [6.07, 6.45) is 0. The van der Waals surface area contributed by atoms with Crippen molar-refractivity contribution >= 4 is 33.1 Å². The number of benzene rings is 3. The number of imidazole rings is 1. The summed E-state index contributed by atoms with van der Waals surface area (Å²) >= 11 is 0. The molecule has 0 aliphatic rings. The molecule has 0 aliphatic carbocycles. The molecule has 5 heteroatoms. The minimum absolute atomic E-state index is 0.310. The molecule has 3 heterocycles. The lowest BCUT2D eigenvalue weighted by Crippen LogP contribution is -1.98. The van der Waals surface area contributed by atoms with Gasteiger partial charge in [-0.3, -0.25) is 4.57 Å². The van der Waals surface area contributed by atoms with Gasteiger partial charge in [-0.2, -0.15) is 0 Å². The van der Waals surface area contributed by atoms with Gasteiger partial charge < -0.3 is 4.42 Å². The fourth-order valence-electron chi connectivity index (χ4n) is 4.04. The second-order valence-corrected chi connectivity index (χ2v) is 7.30. The standard InChI is InChI=1S/C25H16FN3O/c1-15-11-14-20-24(27-15)28-25(29(20)16-7-3-2-4-8-16)18-12-13-19(26)22-17-9-5-6-10-21(17)30-23(18)22/h2-14H,1H3. The summed E-state index contributed by atoms with van der Waals surface area (Å²) in [5, 5.41) is 1.22. The number of nitrogens with zero attached hydrogens (tertiary/aromatic N) is 3. The Balaban J connectivity index is 1.76. The van der Waals surface area contributed by atoms with Gasteiger partial charge in [-0.1, -0.05) is 36.4 Å².